The largest absolute Gasteiger partial charge is 0.507 e. The molecule has 2 atom stereocenters. The fourth-order valence-corrected chi connectivity index (χ4v) is 4.29. The molecule has 0 unspecified atom stereocenters. The number of Topliss-reactive ketones (excluding diaryl/α,β-unsaturated/α-hetero) is 1. The van der Waals surface area contributed by atoms with E-state index in [0.29, 0.717) is 11.3 Å². The Morgan fingerprint density at radius 1 is 1.10 bits per heavy atom. The Labute approximate surface area is 179 Å². The smallest absolute Gasteiger partial charge is 0.296 e. The van der Waals surface area contributed by atoms with Crippen LogP contribution in [0.3, 0.4) is 0 Å². The molecule has 1 aromatic heterocycles. The molecule has 0 saturated carbocycles. The number of ether oxygens (including phenoxy) is 1. The molecule has 1 N–H and O–H groups in total. The number of carbonyl (C=O) groups excluding carboxylic acids is 2. The minimum atomic E-state index is -0.807. The first kappa shape index (κ1) is 19.2. The van der Waals surface area contributed by atoms with Crippen molar-refractivity contribution in [2.45, 2.75) is 32.0 Å². The van der Waals surface area contributed by atoms with Gasteiger partial charge in [-0.1, -0.05) is 30.3 Å². The van der Waals surface area contributed by atoms with E-state index in [9.17, 15) is 14.7 Å². The highest BCUT2D eigenvalue weighted by Gasteiger charge is 2.47. The molecule has 6 nitrogen and oxygen atoms in total. The summed E-state index contributed by atoms with van der Waals surface area (Å²) in [6.07, 6.45) is 2.28. The van der Waals surface area contributed by atoms with Crippen LogP contribution in [0.4, 0.5) is 0 Å². The van der Waals surface area contributed by atoms with Gasteiger partial charge in [-0.2, -0.15) is 0 Å². The second-order valence-corrected chi connectivity index (χ2v) is 7.88. The van der Waals surface area contributed by atoms with E-state index in [1.54, 1.807) is 24.3 Å². The minimum absolute atomic E-state index is 0.0304. The first-order valence-corrected chi connectivity index (χ1v) is 10.2. The van der Waals surface area contributed by atoms with Crippen molar-refractivity contribution < 1.29 is 23.8 Å². The molecule has 5 rings (SSSR count). The summed E-state index contributed by atoms with van der Waals surface area (Å²) in [5.74, 6) is -0.395. The highest BCUT2D eigenvalue weighted by Crippen LogP contribution is 2.41. The van der Waals surface area contributed by atoms with Gasteiger partial charge in [0.05, 0.1) is 11.8 Å². The summed E-state index contributed by atoms with van der Waals surface area (Å²) in [4.78, 5) is 27.4. The van der Waals surface area contributed by atoms with E-state index in [1.807, 2.05) is 43.3 Å². The molecule has 1 amide bonds. The third-order valence-electron chi connectivity index (χ3n) is 5.72. The fraction of sp³-hybridized carbons (Fsp3) is 0.200. The molecule has 2 aromatic carbocycles. The van der Waals surface area contributed by atoms with E-state index < -0.39 is 17.7 Å². The Bertz CT molecular complexity index is 1180. The van der Waals surface area contributed by atoms with Crippen LogP contribution in [-0.4, -0.2) is 27.8 Å². The number of nitrogens with zero attached hydrogens (tertiary/aromatic N) is 1. The zero-order valence-electron chi connectivity index (χ0n) is 16.9. The van der Waals surface area contributed by atoms with Crippen molar-refractivity contribution in [2.75, 3.05) is 0 Å². The van der Waals surface area contributed by atoms with Crippen molar-refractivity contribution in [1.82, 2.24) is 4.90 Å². The first-order valence-electron chi connectivity index (χ1n) is 10.2. The number of aliphatic hydroxyl groups excluding tert-OH is 1. The molecule has 0 spiro atoms. The van der Waals surface area contributed by atoms with Crippen molar-refractivity contribution >= 4 is 17.4 Å². The molecule has 1 saturated heterocycles. The average molecular weight is 415 g/mol. The Morgan fingerprint density at radius 2 is 1.90 bits per heavy atom. The third-order valence-corrected chi connectivity index (χ3v) is 5.72. The molecule has 0 radical (unpaired) electrons. The van der Waals surface area contributed by atoms with Gasteiger partial charge in [-0.15, -0.1) is 0 Å². The number of hydrogen-bond donors (Lipinski definition) is 1. The maximum atomic E-state index is 13.0. The number of hydrogen-bond acceptors (Lipinski definition) is 5. The summed E-state index contributed by atoms with van der Waals surface area (Å²) in [5, 5.41) is 11.2. The minimum Gasteiger partial charge on any atom is -0.507 e. The van der Waals surface area contributed by atoms with E-state index in [0.717, 1.165) is 23.3 Å². The van der Waals surface area contributed by atoms with Gasteiger partial charge in [0.2, 0.25) is 0 Å². The number of likely N-dealkylation sites (tertiary alicyclic amines) is 1. The topological polar surface area (TPSA) is 80.0 Å². The fourth-order valence-electron chi connectivity index (χ4n) is 4.29. The summed E-state index contributed by atoms with van der Waals surface area (Å²) in [5.41, 5.74) is 2.35. The van der Waals surface area contributed by atoms with E-state index in [4.69, 9.17) is 9.15 Å². The highest BCUT2D eigenvalue weighted by molar-refractivity contribution is 6.46. The van der Waals surface area contributed by atoms with Gasteiger partial charge in [-0.05, 0) is 48.4 Å². The van der Waals surface area contributed by atoms with Gasteiger partial charge < -0.3 is 19.2 Å². The molecule has 6 heteroatoms. The second kappa shape index (κ2) is 7.47. The lowest BCUT2D eigenvalue weighted by molar-refractivity contribution is -0.140. The van der Waals surface area contributed by atoms with E-state index in [2.05, 4.69) is 0 Å². The van der Waals surface area contributed by atoms with Gasteiger partial charge >= 0.3 is 0 Å². The number of benzene rings is 2. The molecule has 156 valence electrons. The molecule has 2 aliphatic heterocycles. The predicted octanol–water partition coefficient (Wildman–Crippen LogP) is 4.22. The SMILES string of the molecule is C[C@@H]1Cc2cc(/C(O)=C3\C(=O)C(=O)N(Cc4ccccc4)[C@H]3c3ccco3)ccc2O1. The van der Waals surface area contributed by atoms with Crippen molar-refractivity contribution in [2.24, 2.45) is 0 Å². The normalized spacial score (nSPS) is 21.9. The number of fused-ring (bicyclic) bond motifs is 1. The van der Waals surface area contributed by atoms with Crippen LogP contribution in [0.15, 0.2) is 76.9 Å². The quantitative estimate of drug-likeness (QED) is 0.392. The first-order chi connectivity index (χ1) is 15.0. The standard InChI is InChI=1S/C25H21NO5/c1-15-12-18-13-17(9-10-19(18)31-15)23(27)21-22(20-8-5-11-30-20)26(25(29)24(21)28)14-16-6-3-2-4-7-16/h2-11,13,15,22,27H,12,14H2,1H3/b23-21+/t15-,22+/m1/s1. The maximum absolute atomic E-state index is 13.0. The Kier molecular flexibility index (Phi) is 4.62. The second-order valence-electron chi connectivity index (χ2n) is 7.88. The molecule has 0 bridgehead atoms. The van der Waals surface area contributed by atoms with Gasteiger partial charge in [0.25, 0.3) is 11.7 Å². The highest BCUT2D eigenvalue weighted by atomic mass is 16.5. The van der Waals surface area contributed by atoms with Crippen LogP contribution >= 0.6 is 0 Å². The summed E-state index contributed by atoms with van der Waals surface area (Å²) >= 11 is 0. The van der Waals surface area contributed by atoms with Gasteiger partial charge in [-0.25, -0.2) is 0 Å². The van der Waals surface area contributed by atoms with E-state index >= 15 is 0 Å². The van der Waals surface area contributed by atoms with Crippen LogP contribution in [0.5, 0.6) is 5.75 Å². The summed E-state index contributed by atoms with van der Waals surface area (Å²) in [6.45, 7) is 2.20. The average Bonchev–Trinajstić information content (AvgIpc) is 3.48. The summed E-state index contributed by atoms with van der Waals surface area (Å²) in [7, 11) is 0. The lowest BCUT2D eigenvalue weighted by Crippen LogP contribution is -2.29. The molecule has 0 aliphatic carbocycles. The molecule has 2 aliphatic rings. The molecule has 3 heterocycles. The molecular weight excluding hydrogens is 394 g/mol. The van der Waals surface area contributed by atoms with Crippen LogP contribution in [0.25, 0.3) is 5.76 Å². The van der Waals surface area contributed by atoms with Gasteiger partial charge in [0, 0.05) is 18.5 Å². The monoisotopic (exact) mass is 415 g/mol. The Morgan fingerprint density at radius 3 is 2.65 bits per heavy atom. The number of ketones is 1. The summed E-state index contributed by atoms with van der Waals surface area (Å²) < 4.78 is 11.3. The Balaban J connectivity index is 1.60. The lowest BCUT2D eigenvalue weighted by Gasteiger charge is -2.23. The van der Waals surface area contributed by atoms with Crippen molar-refractivity contribution in [3.63, 3.8) is 0 Å². The van der Waals surface area contributed by atoms with Gasteiger partial charge in [0.1, 0.15) is 29.4 Å². The molecule has 3 aromatic rings. The van der Waals surface area contributed by atoms with Crippen LogP contribution < -0.4 is 4.74 Å². The van der Waals surface area contributed by atoms with Crippen molar-refractivity contribution in [3.05, 3.63) is 95.0 Å². The van der Waals surface area contributed by atoms with E-state index in [1.165, 1.54) is 11.2 Å². The predicted molar refractivity (Wildman–Crippen MR) is 113 cm³/mol. The van der Waals surface area contributed by atoms with Crippen LogP contribution in [0.2, 0.25) is 0 Å². The number of furan rings is 1. The van der Waals surface area contributed by atoms with Gasteiger partial charge in [0.15, 0.2) is 0 Å². The van der Waals surface area contributed by atoms with Crippen LogP contribution in [0.1, 0.15) is 35.4 Å². The van der Waals surface area contributed by atoms with Crippen molar-refractivity contribution in [1.29, 1.82) is 0 Å². The lowest BCUT2D eigenvalue weighted by atomic mass is 9.97. The van der Waals surface area contributed by atoms with E-state index in [-0.39, 0.29) is 24.0 Å². The van der Waals surface area contributed by atoms with Crippen LogP contribution in [-0.2, 0) is 22.6 Å². The van der Waals surface area contributed by atoms with Crippen LogP contribution in [0, 0.1) is 0 Å². The third kappa shape index (κ3) is 3.30. The Hall–Kier alpha value is -3.80. The zero-order valence-corrected chi connectivity index (χ0v) is 16.9. The molecule has 31 heavy (non-hydrogen) atoms. The summed E-state index contributed by atoms with van der Waals surface area (Å²) in [6, 6.07) is 17.3. The maximum Gasteiger partial charge on any atom is 0.296 e. The van der Waals surface area contributed by atoms with Crippen molar-refractivity contribution in [3.8, 4) is 5.75 Å². The zero-order chi connectivity index (χ0) is 21.5. The molecular formula is C25H21NO5. The number of amides is 1. The number of rotatable bonds is 4. The number of carbonyl (C=O) groups is 2. The van der Waals surface area contributed by atoms with Gasteiger partial charge in [-0.3, -0.25) is 9.59 Å². The molecule has 1 fully saturated rings. The number of aliphatic hydroxyl groups is 1.